The van der Waals surface area contributed by atoms with E-state index in [-0.39, 0.29) is 0 Å². The first-order valence-electron chi connectivity index (χ1n) is 30.0. The molecule has 3 aliphatic heterocycles. The average Bonchev–Trinajstić information content (AvgIpc) is 4.14. The molecule has 0 aromatic heterocycles. The maximum Gasteiger partial charge on any atom is 0.0221 e. The Morgan fingerprint density at radius 3 is 1.24 bits per heavy atom. The quantitative estimate of drug-likeness (QED) is 0.238. The van der Waals surface area contributed by atoms with E-state index in [2.05, 4.69) is 27.7 Å². The molecule has 0 amide bonds. The second-order valence-corrected chi connectivity index (χ2v) is 25.2. The number of nitrogens with one attached hydrogen (secondary N) is 2. The molecule has 7 unspecified atom stereocenters. The van der Waals surface area contributed by atoms with Gasteiger partial charge in [0.15, 0.2) is 0 Å². The second-order valence-electron chi connectivity index (χ2n) is 25.2. The Labute approximate surface area is 392 Å². The monoisotopic (exact) mass is 870 g/mol. The number of allylic oxidation sites excluding steroid dienone is 2. The largest absolute Gasteiger partial charge is 0.316 e. The minimum atomic E-state index is 0.778. The van der Waals surface area contributed by atoms with Crippen molar-refractivity contribution in [2.24, 2.45) is 58.2 Å². The Morgan fingerprint density at radius 1 is 0.333 bits per heavy atom. The molecule has 0 aromatic carbocycles. The van der Waals surface area contributed by atoms with Gasteiger partial charge < -0.3 is 10.6 Å². The van der Waals surface area contributed by atoms with Crippen molar-refractivity contribution in [3.05, 3.63) is 12.2 Å². The number of hydrogen-bond acceptors (Lipinski definition) is 3. The van der Waals surface area contributed by atoms with Crippen LogP contribution in [0, 0.1) is 58.2 Å². The molecule has 63 heavy (non-hydrogen) atoms. The normalized spacial score (nSPS) is 38.5. The molecule has 7 atom stereocenters. The number of piperazine rings is 1. The van der Waals surface area contributed by atoms with Crippen LogP contribution in [0.2, 0.25) is 0 Å². The zero-order valence-corrected chi connectivity index (χ0v) is 42.0. The average molecular weight is 871 g/mol. The topological polar surface area (TPSA) is 27.3 Å². The lowest BCUT2D eigenvalue weighted by Crippen LogP contribution is -2.47. The summed E-state index contributed by atoms with van der Waals surface area (Å²) in [5, 5.41) is 6.87. The highest BCUT2D eigenvalue weighted by Gasteiger charge is 2.38. The van der Waals surface area contributed by atoms with E-state index < -0.39 is 0 Å². The highest BCUT2D eigenvalue weighted by Crippen LogP contribution is 2.50. The number of fused-ring (bicyclic) bond motifs is 5. The molecule has 0 radical (unpaired) electrons. The van der Waals surface area contributed by atoms with E-state index in [9.17, 15) is 0 Å². The van der Waals surface area contributed by atoms with Crippen molar-refractivity contribution in [1.82, 2.24) is 15.5 Å². The second kappa shape index (κ2) is 26.4. The van der Waals surface area contributed by atoms with Gasteiger partial charge in [-0.25, -0.2) is 0 Å². The maximum atomic E-state index is 3.46. The van der Waals surface area contributed by atoms with Crippen LogP contribution in [0.1, 0.15) is 263 Å². The number of nitrogens with zero attached hydrogens (tertiary/aromatic N) is 1. The molecule has 14 rings (SSSR count). The summed E-state index contributed by atoms with van der Waals surface area (Å²) in [7, 11) is 0. The molecule has 2 spiro atoms. The van der Waals surface area contributed by atoms with Gasteiger partial charge in [0.25, 0.3) is 0 Å². The zero-order valence-electron chi connectivity index (χ0n) is 42.0. The molecule has 3 heteroatoms. The Morgan fingerprint density at radius 2 is 0.762 bits per heavy atom. The van der Waals surface area contributed by atoms with E-state index in [0.29, 0.717) is 0 Å². The van der Waals surface area contributed by atoms with Gasteiger partial charge in [-0.2, -0.15) is 0 Å². The third-order valence-corrected chi connectivity index (χ3v) is 21.0. The van der Waals surface area contributed by atoms with Crippen molar-refractivity contribution < 1.29 is 0 Å². The van der Waals surface area contributed by atoms with Gasteiger partial charge in [-0.1, -0.05) is 186 Å². The summed E-state index contributed by atoms with van der Waals surface area (Å²) in [6.07, 6.45) is 67.1. The van der Waals surface area contributed by atoms with E-state index in [4.69, 9.17) is 0 Å². The van der Waals surface area contributed by atoms with Crippen LogP contribution < -0.4 is 10.6 Å². The van der Waals surface area contributed by atoms with Crippen LogP contribution >= 0.6 is 0 Å². The molecular formula is C60H107N3. The summed E-state index contributed by atoms with van der Waals surface area (Å²) in [6.45, 7) is 7.67. The lowest BCUT2D eigenvalue weighted by Gasteiger charge is -2.32. The van der Waals surface area contributed by atoms with Crippen molar-refractivity contribution in [2.45, 2.75) is 269 Å². The third-order valence-electron chi connectivity index (χ3n) is 21.0. The predicted octanol–water partition coefficient (Wildman–Crippen LogP) is 16.4. The summed E-state index contributed by atoms with van der Waals surface area (Å²) in [5.74, 6) is 9.20. The molecule has 14 aliphatic rings. The first-order chi connectivity index (χ1) is 31.2. The van der Waals surface area contributed by atoms with Crippen molar-refractivity contribution in [3.63, 3.8) is 0 Å². The molecule has 11 aliphatic carbocycles. The van der Waals surface area contributed by atoms with Crippen molar-refractivity contribution >= 4 is 0 Å². The molecule has 3 heterocycles. The summed E-state index contributed by atoms with van der Waals surface area (Å²) >= 11 is 0. The fraction of sp³-hybridized carbons (Fsp3) is 0.967. The van der Waals surface area contributed by atoms with Gasteiger partial charge >= 0.3 is 0 Å². The van der Waals surface area contributed by atoms with Crippen LogP contribution in [0.4, 0.5) is 0 Å². The van der Waals surface area contributed by atoms with Crippen LogP contribution in [0.3, 0.4) is 0 Å². The van der Waals surface area contributed by atoms with E-state index >= 15 is 0 Å². The van der Waals surface area contributed by atoms with Gasteiger partial charge in [0.05, 0.1) is 0 Å². The minimum absolute atomic E-state index is 0.778. The highest BCUT2D eigenvalue weighted by molar-refractivity contribution is 4.97. The fourth-order valence-corrected chi connectivity index (χ4v) is 16.8. The fourth-order valence-electron chi connectivity index (χ4n) is 16.8. The maximum absolute atomic E-state index is 3.46. The van der Waals surface area contributed by atoms with Gasteiger partial charge in [-0.05, 0) is 161 Å². The molecule has 0 aromatic rings. The Bertz CT molecular complexity index is 1160. The lowest BCUT2D eigenvalue weighted by molar-refractivity contribution is 0.197. The van der Waals surface area contributed by atoms with Crippen molar-refractivity contribution in [2.75, 3.05) is 39.3 Å². The zero-order chi connectivity index (χ0) is 42.8. The Hall–Kier alpha value is -0.380. The standard InChI is InChI=1S/C11H20.C10H18.C9H14.C8H15N.C8H14.C7H14N2.C7H12/c1-2-6-10-8-4-5-9-11(10)7-3-1;1-2-6-10(7-3-1)8-4-5-9-10;1-2-5-9-7-3-6-8(9)4-1;1-2-4-8(3-1)5-6-9-7-8;1-3-7-5-2-6-8(7)4-1;1-2-7-6-8-3-5-9(7)4-1;1-2-4-7-5-6(7)3-1/h10-11H,1-9H2;1-9H2;1-2,8-9H,3-7H2;9H,1-7H2;7-8H,1-6H2;7-8H,1-6H2;6-7H,1-5H2. The van der Waals surface area contributed by atoms with Crippen LogP contribution in [0.15, 0.2) is 12.2 Å². The van der Waals surface area contributed by atoms with Gasteiger partial charge in [-0.3, -0.25) is 4.90 Å². The lowest BCUT2D eigenvalue weighted by atomic mass is 9.73. The SMILES string of the molecule is C1=CCC2CCCC2C1.C1CC2CCCC2C1.C1CC2CNCCN2C1.C1CCC2(C1)CCNC2.C1CCC2(CC1)CCCC2.C1CCC2CC2C1.C1CCC2CCCCC2CC1. The molecule has 362 valence electrons. The van der Waals surface area contributed by atoms with Crippen LogP contribution in [-0.4, -0.2) is 50.2 Å². The Balaban J connectivity index is 0.000000101. The van der Waals surface area contributed by atoms with Crippen LogP contribution in [-0.2, 0) is 0 Å². The summed E-state index contributed by atoms with van der Waals surface area (Å²) in [5.41, 5.74) is 1.65. The summed E-state index contributed by atoms with van der Waals surface area (Å²) < 4.78 is 0. The van der Waals surface area contributed by atoms with Crippen LogP contribution in [0.5, 0.6) is 0 Å². The first-order valence-corrected chi connectivity index (χ1v) is 30.0. The molecule has 3 saturated heterocycles. The molecule has 0 bridgehead atoms. The predicted molar refractivity (Wildman–Crippen MR) is 272 cm³/mol. The first kappa shape index (κ1) is 49.1. The van der Waals surface area contributed by atoms with Gasteiger partial charge in [0.2, 0.25) is 0 Å². The smallest absolute Gasteiger partial charge is 0.0221 e. The molecule has 3 nitrogen and oxygen atoms in total. The number of hydrogen-bond donors (Lipinski definition) is 2. The highest BCUT2D eigenvalue weighted by atomic mass is 15.2. The van der Waals surface area contributed by atoms with Gasteiger partial charge in [-0.15, -0.1) is 0 Å². The summed E-state index contributed by atoms with van der Waals surface area (Å²) in [4.78, 5) is 2.61. The van der Waals surface area contributed by atoms with Gasteiger partial charge in [0.1, 0.15) is 0 Å². The van der Waals surface area contributed by atoms with Crippen molar-refractivity contribution in [3.8, 4) is 0 Å². The molecule has 10 saturated carbocycles. The molecule has 2 N–H and O–H groups in total. The number of rotatable bonds is 0. The van der Waals surface area contributed by atoms with E-state index in [0.717, 1.165) is 40.5 Å². The minimum Gasteiger partial charge on any atom is -0.316 e. The van der Waals surface area contributed by atoms with Crippen molar-refractivity contribution in [1.29, 1.82) is 0 Å². The van der Waals surface area contributed by atoms with E-state index in [1.54, 1.807) is 96.3 Å². The molecule has 13 fully saturated rings. The molecular weight excluding hydrogens is 763 g/mol. The summed E-state index contributed by atoms with van der Waals surface area (Å²) in [6, 6.07) is 0.888. The van der Waals surface area contributed by atoms with Crippen LogP contribution in [0.25, 0.3) is 0 Å². The third kappa shape index (κ3) is 15.6. The van der Waals surface area contributed by atoms with Gasteiger partial charge in [0, 0.05) is 32.2 Å². The van der Waals surface area contributed by atoms with E-state index in [1.165, 1.54) is 230 Å². The Kier molecular flexibility index (Phi) is 20.6. The van der Waals surface area contributed by atoms with E-state index in [1.807, 2.05) is 0 Å².